The number of rotatable bonds is 8. The molecule has 9 heteroatoms. The van der Waals surface area contributed by atoms with Crippen molar-refractivity contribution >= 4 is 21.7 Å². The molecule has 0 fully saturated rings. The van der Waals surface area contributed by atoms with E-state index in [1.54, 1.807) is 13.8 Å². The SMILES string of the molecule is CCCc1c(NN)ncnc1NCC(C)(C)NS(C)(=O)=O. The molecule has 21 heavy (non-hydrogen) atoms. The van der Waals surface area contributed by atoms with Crippen molar-refractivity contribution < 1.29 is 8.42 Å². The van der Waals surface area contributed by atoms with E-state index in [2.05, 4.69) is 25.4 Å². The van der Waals surface area contributed by atoms with E-state index in [1.807, 2.05) is 6.92 Å². The van der Waals surface area contributed by atoms with E-state index in [9.17, 15) is 8.42 Å². The normalized spacial score (nSPS) is 12.2. The van der Waals surface area contributed by atoms with Gasteiger partial charge in [-0.1, -0.05) is 13.3 Å². The lowest BCUT2D eigenvalue weighted by molar-refractivity contribution is 0.475. The Balaban J connectivity index is 2.88. The van der Waals surface area contributed by atoms with Crippen molar-refractivity contribution in [2.75, 3.05) is 23.5 Å². The fourth-order valence-corrected chi connectivity index (χ4v) is 3.09. The molecule has 1 heterocycles. The van der Waals surface area contributed by atoms with Crippen LogP contribution in [0.1, 0.15) is 32.8 Å². The number of sulfonamides is 1. The molecule has 0 aromatic carbocycles. The van der Waals surface area contributed by atoms with E-state index in [4.69, 9.17) is 5.84 Å². The minimum absolute atomic E-state index is 0.387. The first-order valence-electron chi connectivity index (χ1n) is 6.72. The van der Waals surface area contributed by atoms with E-state index >= 15 is 0 Å². The molecule has 0 amide bonds. The third kappa shape index (κ3) is 5.82. The number of nitrogens with zero attached hydrogens (tertiary/aromatic N) is 2. The average molecular weight is 316 g/mol. The van der Waals surface area contributed by atoms with Crippen molar-refractivity contribution in [2.24, 2.45) is 5.84 Å². The molecule has 0 spiro atoms. The monoisotopic (exact) mass is 316 g/mol. The van der Waals surface area contributed by atoms with Gasteiger partial charge in [0.1, 0.15) is 18.0 Å². The van der Waals surface area contributed by atoms with Gasteiger partial charge in [-0.15, -0.1) is 0 Å². The fraction of sp³-hybridized carbons (Fsp3) is 0.667. The van der Waals surface area contributed by atoms with Crippen LogP contribution in [0.25, 0.3) is 0 Å². The fourth-order valence-electron chi connectivity index (χ4n) is 2.02. The lowest BCUT2D eigenvalue weighted by Gasteiger charge is -2.26. The molecule has 0 radical (unpaired) electrons. The van der Waals surface area contributed by atoms with Crippen molar-refractivity contribution in [3.05, 3.63) is 11.9 Å². The second-order valence-electron chi connectivity index (χ2n) is 5.56. The maximum absolute atomic E-state index is 11.3. The molecule has 120 valence electrons. The quantitative estimate of drug-likeness (QED) is 0.406. The van der Waals surface area contributed by atoms with E-state index in [0.717, 1.165) is 24.7 Å². The molecule has 0 atom stereocenters. The van der Waals surface area contributed by atoms with Gasteiger partial charge < -0.3 is 10.7 Å². The molecule has 0 bridgehead atoms. The highest BCUT2D eigenvalue weighted by Crippen LogP contribution is 2.21. The topological polar surface area (TPSA) is 122 Å². The largest absolute Gasteiger partial charge is 0.368 e. The zero-order valence-electron chi connectivity index (χ0n) is 12.9. The van der Waals surface area contributed by atoms with Crippen LogP contribution in [-0.4, -0.2) is 36.7 Å². The van der Waals surface area contributed by atoms with Crippen molar-refractivity contribution in [3.63, 3.8) is 0 Å². The van der Waals surface area contributed by atoms with E-state index in [-0.39, 0.29) is 0 Å². The number of aromatic nitrogens is 2. The lowest BCUT2D eigenvalue weighted by Crippen LogP contribution is -2.48. The predicted octanol–water partition coefficient (Wildman–Crippen LogP) is 0.454. The van der Waals surface area contributed by atoms with Gasteiger partial charge in [0.2, 0.25) is 10.0 Å². The smallest absolute Gasteiger partial charge is 0.209 e. The van der Waals surface area contributed by atoms with Gasteiger partial charge in [0.15, 0.2) is 0 Å². The molecule has 0 aliphatic heterocycles. The molecule has 1 rings (SSSR count). The van der Waals surface area contributed by atoms with Gasteiger partial charge in [-0.25, -0.2) is 29.0 Å². The molecule has 1 aromatic heterocycles. The standard InChI is InChI=1S/C12H24N6O2S/c1-5-6-9-10(15-8-16-11(9)17-13)14-7-12(2,3)18-21(4,19)20/h8,18H,5-7,13H2,1-4H3,(H2,14,15,16,17). The molecular formula is C12H24N6O2S. The van der Waals surface area contributed by atoms with E-state index in [1.165, 1.54) is 6.33 Å². The predicted molar refractivity (Wildman–Crippen MR) is 84.4 cm³/mol. The molecule has 0 aliphatic rings. The summed E-state index contributed by atoms with van der Waals surface area (Å²) in [4.78, 5) is 8.29. The number of hydrogen-bond acceptors (Lipinski definition) is 7. The molecule has 1 aromatic rings. The highest BCUT2D eigenvalue weighted by Gasteiger charge is 2.22. The Bertz CT molecular complexity index is 573. The van der Waals surface area contributed by atoms with Gasteiger partial charge in [0, 0.05) is 17.6 Å². The summed E-state index contributed by atoms with van der Waals surface area (Å²) in [6.45, 7) is 6.03. The van der Waals surface area contributed by atoms with Crippen molar-refractivity contribution in [3.8, 4) is 0 Å². The van der Waals surface area contributed by atoms with Gasteiger partial charge in [-0.05, 0) is 20.3 Å². The van der Waals surface area contributed by atoms with Crippen LogP contribution in [0.2, 0.25) is 0 Å². The number of nitrogen functional groups attached to an aromatic ring is 1. The van der Waals surface area contributed by atoms with Gasteiger partial charge in [-0.2, -0.15) is 0 Å². The maximum atomic E-state index is 11.3. The number of nitrogens with two attached hydrogens (primary N) is 1. The van der Waals surface area contributed by atoms with E-state index in [0.29, 0.717) is 18.2 Å². The van der Waals surface area contributed by atoms with Crippen LogP contribution >= 0.6 is 0 Å². The molecule has 8 nitrogen and oxygen atoms in total. The van der Waals surface area contributed by atoms with Crippen LogP contribution in [-0.2, 0) is 16.4 Å². The first-order chi connectivity index (χ1) is 9.68. The summed E-state index contributed by atoms with van der Waals surface area (Å²) in [5.74, 6) is 6.68. The summed E-state index contributed by atoms with van der Waals surface area (Å²) in [5, 5.41) is 3.16. The zero-order valence-corrected chi connectivity index (χ0v) is 13.7. The highest BCUT2D eigenvalue weighted by atomic mass is 32.2. The molecule has 5 N–H and O–H groups in total. The molecule has 0 unspecified atom stereocenters. The second kappa shape index (κ2) is 7.01. The van der Waals surface area contributed by atoms with Gasteiger partial charge in [0.25, 0.3) is 0 Å². The minimum Gasteiger partial charge on any atom is -0.368 e. The number of anilines is 2. The van der Waals surface area contributed by atoms with E-state index < -0.39 is 15.6 Å². The van der Waals surface area contributed by atoms with Crippen molar-refractivity contribution in [2.45, 2.75) is 39.2 Å². The summed E-state index contributed by atoms with van der Waals surface area (Å²) in [6.07, 6.45) is 4.23. The average Bonchev–Trinajstić information content (AvgIpc) is 2.35. The highest BCUT2D eigenvalue weighted by molar-refractivity contribution is 7.88. The Hall–Kier alpha value is -1.45. The summed E-state index contributed by atoms with van der Waals surface area (Å²) in [6, 6.07) is 0. The number of hydrogen-bond donors (Lipinski definition) is 4. The maximum Gasteiger partial charge on any atom is 0.209 e. The van der Waals surface area contributed by atoms with Crippen LogP contribution in [0, 0.1) is 0 Å². The Morgan fingerprint density at radius 3 is 2.43 bits per heavy atom. The first kappa shape index (κ1) is 17.6. The lowest BCUT2D eigenvalue weighted by atomic mass is 10.1. The van der Waals surface area contributed by atoms with Crippen LogP contribution in [0.5, 0.6) is 0 Å². The Morgan fingerprint density at radius 1 is 1.29 bits per heavy atom. The van der Waals surface area contributed by atoms with Crippen LogP contribution in [0.15, 0.2) is 6.33 Å². The third-order valence-electron chi connectivity index (χ3n) is 2.74. The molecule has 0 saturated carbocycles. The first-order valence-corrected chi connectivity index (χ1v) is 8.61. The Morgan fingerprint density at radius 2 is 1.90 bits per heavy atom. The summed E-state index contributed by atoms with van der Waals surface area (Å²) in [7, 11) is -3.27. The van der Waals surface area contributed by atoms with Crippen LogP contribution in [0.4, 0.5) is 11.6 Å². The minimum atomic E-state index is -3.27. The van der Waals surface area contributed by atoms with Gasteiger partial charge in [0.05, 0.1) is 6.26 Å². The van der Waals surface area contributed by atoms with Crippen LogP contribution in [0.3, 0.4) is 0 Å². The van der Waals surface area contributed by atoms with Gasteiger partial charge >= 0.3 is 0 Å². The van der Waals surface area contributed by atoms with Crippen molar-refractivity contribution in [1.82, 2.24) is 14.7 Å². The summed E-state index contributed by atoms with van der Waals surface area (Å²) in [5.41, 5.74) is 2.80. The van der Waals surface area contributed by atoms with Gasteiger partial charge in [-0.3, -0.25) is 0 Å². The molecular weight excluding hydrogens is 292 g/mol. The zero-order chi connectivity index (χ0) is 16.1. The summed E-state index contributed by atoms with van der Waals surface area (Å²) < 4.78 is 25.2. The number of hydrazine groups is 1. The van der Waals surface area contributed by atoms with Crippen LogP contribution < -0.4 is 21.3 Å². The second-order valence-corrected chi connectivity index (χ2v) is 7.30. The number of nitrogens with one attached hydrogen (secondary N) is 3. The molecule has 0 aliphatic carbocycles. The Kier molecular flexibility index (Phi) is 5.87. The Labute approximate surface area is 126 Å². The third-order valence-corrected chi connectivity index (χ3v) is 3.66. The molecule has 0 saturated heterocycles. The summed E-state index contributed by atoms with van der Waals surface area (Å²) >= 11 is 0. The van der Waals surface area contributed by atoms with Crippen molar-refractivity contribution in [1.29, 1.82) is 0 Å².